The predicted octanol–water partition coefficient (Wildman–Crippen LogP) is 2.45. The lowest BCUT2D eigenvalue weighted by Crippen LogP contribution is -2.36. The summed E-state index contributed by atoms with van der Waals surface area (Å²) in [7, 11) is 1.81. The minimum absolute atomic E-state index is 0.0311. The largest absolute Gasteiger partial charge is 0.373 e. The number of fused-ring (bicyclic) bond motifs is 2. The molecule has 0 unspecified atom stereocenters. The summed E-state index contributed by atoms with van der Waals surface area (Å²) in [5, 5.41) is 12.6. The normalized spacial score (nSPS) is 13.3. The summed E-state index contributed by atoms with van der Waals surface area (Å²) in [6.45, 7) is 1.07. The van der Waals surface area contributed by atoms with Crippen LogP contribution >= 0.6 is 0 Å². The zero-order valence-corrected chi connectivity index (χ0v) is 15.9. The Labute approximate surface area is 167 Å². The van der Waals surface area contributed by atoms with Crippen molar-refractivity contribution in [3.05, 3.63) is 71.8 Å². The van der Waals surface area contributed by atoms with Crippen molar-refractivity contribution in [3.63, 3.8) is 0 Å². The number of para-hydroxylation sites is 1. The van der Waals surface area contributed by atoms with Gasteiger partial charge in [-0.05, 0) is 30.3 Å². The predicted molar refractivity (Wildman–Crippen MR) is 109 cm³/mol. The van der Waals surface area contributed by atoms with Gasteiger partial charge in [0.25, 0.3) is 5.91 Å². The zero-order valence-electron chi connectivity index (χ0n) is 15.9. The van der Waals surface area contributed by atoms with Gasteiger partial charge in [0.2, 0.25) is 0 Å². The third-order valence-electron chi connectivity index (χ3n) is 5.21. The second-order valence-electron chi connectivity index (χ2n) is 6.91. The fourth-order valence-electron chi connectivity index (χ4n) is 3.73. The molecule has 29 heavy (non-hydrogen) atoms. The number of hydrogen-bond donors (Lipinski definition) is 1. The van der Waals surface area contributed by atoms with Crippen molar-refractivity contribution in [1.82, 2.24) is 29.9 Å². The lowest BCUT2D eigenvalue weighted by Gasteiger charge is -2.26. The molecule has 144 valence electrons. The van der Waals surface area contributed by atoms with E-state index in [1.807, 2.05) is 65.2 Å². The number of amides is 1. The van der Waals surface area contributed by atoms with Crippen LogP contribution in [0, 0.1) is 0 Å². The van der Waals surface area contributed by atoms with E-state index in [2.05, 4.69) is 25.6 Å². The molecule has 0 radical (unpaired) electrons. The van der Waals surface area contributed by atoms with E-state index in [1.165, 1.54) is 6.33 Å². The van der Waals surface area contributed by atoms with Crippen LogP contribution < -0.4 is 5.32 Å². The summed E-state index contributed by atoms with van der Waals surface area (Å²) in [4.78, 5) is 23.4. The number of rotatable bonds is 3. The lowest BCUT2D eigenvalue weighted by atomic mass is 10.1. The van der Waals surface area contributed by atoms with E-state index in [4.69, 9.17) is 0 Å². The molecule has 2 aromatic carbocycles. The van der Waals surface area contributed by atoms with Crippen LogP contribution in [-0.2, 0) is 13.0 Å². The molecule has 0 aliphatic carbocycles. The smallest absolute Gasteiger partial charge is 0.254 e. The highest BCUT2D eigenvalue weighted by molar-refractivity contribution is 5.99. The van der Waals surface area contributed by atoms with Gasteiger partial charge in [-0.15, -0.1) is 5.10 Å². The van der Waals surface area contributed by atoms with Crippen molar-refractivity contribution in [2.45, 2.75) is 13.0 Å². The number of hydrogen-bond acceptors (Lipinski definition) is 6. The average molecular weight is 385 g/mol. The van der Waals surface area contributed by atoms with E-state index >= 15 is 0 Å². The SMILES string of the molecule is CNc1ncnc2cc(C(=O)N3CCc4c(nnn4-c4ccccc4)C3)ccc12. The molecule has 0 fully saturated rings. The molecule has 4 aromatic rings. The molecule has 3 heterocycles. The highest BCUT2D eigenvalue weighted by Crippen LogP contribution is 2.24. The summed E-state index contributed by atoms with van der Waals surface area (Å²) in [6, 6.07) is 15.5. The molecule has 2 aromatic heterocycles. The van der Waals surface area contributed by atoms with Crippen LogP contribution in [0.1, 0.15) is 21.7 Å². The molecule has 1 aliphatic rings. The highest BCUT2D eigenvalue weighted by atomic mass is 16.2. The van der Waals surface area contributed by atoms with Gasteiger partial charge in [0.15, 0.2) is 0 Å². The van der Waals surface area contributed by atoms with E-state index in [0.29, 0.717) is 25.1 Å². The number of anilines is 1. The number of nitrogens with one attached hydrogen (secondary N) is 1. The average Bonchev–Trinajstić information content (AvgIpc) is 3.21. The van der Waals surface area contributed by atoms with Gasteiger partial charge in [0.1, 0.15) is 17.8 Å². The Morgan fingerprint density at radius 2 is 1.97 bits per heavy atom. The van der Waals surface area contributed by atoms with Crippen molar-refractivity contribution in [1.29, 1.82) is 0 Å². The standard InChI is InChI=1S/C21H19N7O/c1-22-20-16-8-7-14(11-17(16)23-13-24-20)21(29)27-10-9-19-18(12-27)25-26-28(19)15-5-3-2-4-6-15/h2-8,11,13H,9-10,12H2,1H3,(H,22,23,24). The Hall–Kier alpha value is -3.81. The quantitative estimate of drug-likeness (QED) is 0.583. The molecule has 0 spiro atoms. The molecule has 8 heteroatoms. The summed E-state index contributed by atoms with van der Waals surface area (Å²) in [6.07, 6.45) is 2.21. The monoisotopic (exact) mass is 385 g/mol. The molecule has 8 nitrogen and oxygen atoms in total. The van der Waals surface area contributed by atoms with E-state index in [9.17, 15) is 4.79 Å². The van der Waals surface area contributed by atoms with Gasteiger partial charge < -0.3 is 10.2 Å². The first-order valence-corrected chi connectivity index (χ1v) is 9.45. The van der Waals surface area contributed by atoms with Crippen molar-refractivity contribution < 1.29 is 4.79 Å². The third kappa shape index (κ3) is 2.98. The van der Waals surface area contributed by atoms with Crippen molar-refractivity contribution in [3.8, 4) is 5.69 Å². The molecule has 5 rings (SSSR count). The summed E-state index contributed by atoms with van der Waals surface area (Å²) < 4.78 is 1.86. The van der Waals surface area contributed by atoms with E-state index < -0.39 is 0 Å². The van der Waals surface area contributed by atoms with E-state index in [1.54, 1.807) is 0 Å². The van der Waals surface area contributed by atoms with Crippen LogP contribution in [0.15, 0.2) is 54.9 Å². The Morgan fingerprint density at radius 1 is 1.10 bits per heavy atom. The van der Waals surface area contributed by atoms with Gasteiger partial charge in [-0.1, -0.05) is 23.4 Å². The maximum Gasteiger partial charge on any atom is 0.254 e. The molecule has 0 saturated carbocycles. The fourth-order valence-corrected chi connectivity index (χ4v) is 3.73. The van der Waals surface area contributed by atoms with E-state index in [0.717, 1.165) is 33.8 Å². The molecule has 0 saturated heterocycles. The zero-order chi connectivity index (χ0) is 19.8. The molecule has 1 N–H and O–H groups in total. The first-order chi connectivity index (χ1) is 14.2. The summed E-state index contributed by atoms with van der Waals surface area (Å²) in [5.41, 5.74) is 4.23. The number of aromatic nitrogens is 5. The van der Waals surface area contributed by atoms with Crippen LogP contribution in [0.4, 0.5) is 5.82 Å². The van der Waals surface area contributed by atoms with Gasteiger partial charge in [0, 0.05) is 31.0 Å². The van der Waals surface area contributed by atoms with Crippen LogP contribution in [0.2, 0.25) is 0 Å². The Morgan fingerprint density at radius 3 is 2.79 bits per heavy atom. The summed E-state index contributed by atoms with van der Waals surface area (Å²) >= 11 is 0. The number of carbonyl (C=O) groups is 1. The lowest BCUT2D eigenvalue weighted by molar-refractivity contribution is 0.0731. The highest BCUT2D eigenvalue weighted by Gasteiger charge is 2.26. The van der Waals surface area contributed by atoms with Gasteiger partial charge in [-0.25, -0.2) is 14.6 Å². The van der Waals surface area contributed by atoms with Gasteiger partial charge in [-0.3, -0.25) is 4.79 Å². The Balaban J connectivity index is 1.41. The number of carbonyl (C=O) groups excluding carboxylic acids is 1. The van der Waals surface area contributed by atoms with Crippen LogP contribution in [0.25, 0.3) is 16.6 Å². The number of nitrogens with zero attached hydrogens (tertiary/aromatic N) is 6. The molecular weight excluding hydrogens is 366 g/mol. The van der Waals surface area contributed by atoms with Gasteiger partial charge in [0.05, 0.1) is 23.4 Å². The second-order valence-corrected chi connectivity index (χ2v) is 6.91. The van der Waals surface area contributed by atoms with Crippen LogP contribution in [0.3, 0.4) is 0 Å². The van der Waals surface area contributed by atoms with Gasteiger partial charge >= 0.3 is 0 Å². The van der Waals surface area contributed by atoms with E-state index in [-0.39, 0.29) is 5.91 Å². The fraction of sp³-hybridized carbons (Fsp3) is 0.190. The van der Waals surface area contributed by atoms with Crippen LogP contribution in [-0.4, -0.2) is 49.4 Å². The third-order valence-corrected chi connectivity index (χ3v) is 5.21. The topological polar surface area (TPSA) is 88.8 Å². The minimum Gasteiger partial charge on any atom is -0.373 e. The molecule has 1 aliphatic heterocycles. The minimum atomic E-state index is -0.0311. The molecular formula is C21H19N7O. The summed E-state index contributed by atoms with van der Waals surface area (Å²) in [5.74, 6) is 0.713. The first kappa shape index (κ1) is 17.3. The molecule has 1 amide bonds. The Kier molecular flexibility index (Phi) is 4.16. The van der Waals surface area contributed by atoms with Crippen molar-refractivity contribution >= 4 is 22.6 Å². The molecule has 0 bridgehead atoms. The molecule has 0 atom stereocenters. The number of benzene rings is 2. The second kappa shape index (κ2) is 6.97. The maximum atomic E-state index is 13.1. The van der Waals surface area contributed by atoms with Gasteiger partial charge in [-0.2, -0.15) is 0 Å². The maximum absolute atomic E-state index is 13.1. The first-order valence-electron chi connectivity index (χ1n) is 9.45. The van der Waals surface area contributed by atoms with Crippen LogP contribution in [0.5, 0.6) is 0 Å². The van der Waals surface area contributed by atoms with Crippen molar-refractivity contribution in [2.75, 3.05) is 18.9 Å². The van der Waals surface area contributed by atoms with Crippen molar-refractivity contribution in [2.24, 2.45) is 0 Å². The Bertz CT molecular complexity index is 1200.